The Morgan fingerprint density at radius 1 is 1.40 bits per heavy atom. The molecule has 0 unspecified atom stereocenters. The van der Waals surface area contributed by atoms with Crippen molar-refractivity contribution in [3.05, 3.63) is 0 Å². The minimum Gasteiger partial charge on any atom is -0.306 e. The van der Waals surface area contributed by atoms with Crippen molar-refractivity contribution >= 4 is 6.29 Å². The lowest BCUT2D eigenvalue weighted by Crippen LogP contribution is -2.20. The summed E-state index contributed by atoms with van der Waals surface area (Å²) >= 11 is 0. The van der Waals surface area contributed by atoms with Crippen molar-refractivity contribution < 1.29 is 4.79 Å². The smallest absolute Gasteiger partial charge is 0.121 e. The summed E-state index contributed by atoms with van der Waals surface area (Å²) in [5.74, 6) is 0. The maximum Gasteiger partial charge on any atom is 0.121 e. The molecule has 60 valence electrons. The van der Waals surface area contributed by atoms with Gasteiger partial charge in [-0.3, -0.25) is 0 Å². The Balaban J connectivity index is 3.07. The van der Waals surface area contributed by atoms with Gasteiger partial charge in [-0.05, 0) is 20.0 Å². The van der Waals surface area contributed by atoms with E-state index in [1.807, 2.05) is 0 Å². The molecule has 0 aromatic carbocycles. The van der Waals surface area contributed by atoms with Crippen LogP contribution < -0.4 is 0 Å². The second-order valence-corrected chi connectivity index (χ2v) is 2.61. The van der Waals surface area contributed by atoms with Gasteiger partial charge in [0, 0.05) is 13.0 Å². The lowest BCUT2D eigenvalue weighted by atomic mass is 10.3. The summed E-state index contributed by atoms with van der Waals surface area (Å²) in [4.78, 5) is 12.1. The first-order chi connectivity index (χ1) is 4.81. The number of carbonyl (C=O) groups excluding carboxylic acids is 1. The Kier molecular flexibility index (Phi) is 6.50. The third kappa shape index (κ3) is 5.76. The van der Waals surface area contributed by atoms with Gasteiger partial charge in [0.15, 0.2) is 0 Å². The quantitative estimate of drug-likeness (QED) is 0.522. The van der Waals surface area contributed by atoms with Gasteiger partial charge in [0.05, 0.1) is 0 Å². The van der Waals surface area contributed by atoms with E-state index >= 15 is 0 Å². The van der Waals surface area contributed by atoms with Gasteiger partial charge >= 0.3 is 0 Å². The highest BCUT2D eigenvalue weighted by Crippen LogP contribution is 1.91. The summed E-state index contributed by atoms with van der Waals surface area (Å²) in [6.07, 6.45) is 4.10. The van der Waals surface area contributed by atoms with E-state index in [2.05, 4.69) is 18.9 Å². The molecule has 2 nitrogen and oxygen atoms in total. The van der Waals surface area contributed by atoms with Crippen LogP contribution in [0.25, 0.3) is 0 Å². The van der Waals surface area contributed by atoms with Crippen molar-refractivity contribution in [1.82, 2.24) is 4.90 Å². The van der Waals surface area contributed by atoms with E-state index in [9.17, 15) is 4.79 Å². The summed E-state index contributed by atoms with van der Waals surface area (Å²) in [7, 11) is 2.05. The Morgan fingerprint density at radius 3 is 2.60 bits per heavy atom. The molecule has 0 atom stereocenters. The Hall–Kier alpha value is -0.370. The fraction of sp³-hybridized carbons (Fsp3) is 0.875. The minimum absolute atomic E-state index is 0.667. The molecule has 2 heteroatoms. The number of aldehydes is 1. The lowest BCUT2D eigenvalue weighted by Gasteiger charge is -2.13. The fourth-order valence-corrected chi connectivity index (χ4v) is 0.813. The average molecular weight is 143 g/mol. The van der Waals surface area contributed by atoms with Crippen LogP contribution in [-0.2, 0) is 4.79 Å². The molecule has 0 fully saturated rings. The fourth-order valence-electron chi connectivity index (χ4n) is 0.813. The summed E-state index contributed by atoms with van der Waals surface area (Å²) in [5, 5.41) is 0. The van der Waals surface area contributed by atoms with Crippen LogP contribution in [0.4, 0.5) is 0 Å². The normalized spacial score (nSPS) is 10.3. The largest absolute Gasteiger partial charge is 0.306 e. The maximum atomic E-state index is 9.96. The molecule has 0 saturated heterocycles. The second kappa shape index (κ2) is 6.75. The first-order valence-electron chi connectivity index (χ1n) is 3.93. The highest BCUT2D eigenvalue weighted by molar-refractivity contribution is 5.49. The topological polar surface area (TPSA) is 20.3 Å². The number of nitrogens with zero attached hydrogens (tertiary/aromatic N) is 1. The molecule has 0 bridgehead atoms. The van der Waals surface area contributed by atoms with Crippen molar-refractivity contribution in [2.75, 3.05) is 20.1 Å². The zero-order valence-corrected chi connectivity index (χ0v) is 6.97. The predicted octanol–water partition coefficient (Wildman–Crippen LogP) is 1.31. The monoisotopic (exact) mass is 143 g/mol. The first-order valence-corrected chi connectivity index (χ1v) is 3.93. The molecule has 0 amide bonds. The Bertz CT molecular complexity index is 83.3. The molecule has 0 aromatic rings. The molecule has 10 heavy (non-hydrogen) atoms. The molecule has 0 aromatic heterocycles. The van der Waals surface area contributed by atoms with Crippen LogP contribution >= 0.6 is 0 Å². The summed E-state index contributed by atoms with van der Waals surface area (Å²) in [6, 6.07) is 0. The van der Waals surface area contributed by atoms with E-state index in [0.717, 1.165) is 19.4 Å². The average Bonchev–Trinajstić information content (AvgIpc) is 1.97. The standard InChI is InChI=1S/C8H17NO/c1-3-4-6-9(2)7-5-8-10/h8H,3-7H2,1-2H3. The molecule has 0 heterocycles. The summed E-state index contributed by atoms with van der Waals surface area (Å²) < 4.78 is 0. The number of rotatable bonds is 6. The van der Waals surface area contributed by atoms with Crippen molar-refractivity contribution in [1.29, 1.82) is 0 Å². The first kappa shape index (κ1) is 9.63. The van der Waals surface area contributed by atoms with Gasteiger partial charge in [0.1, 0.15) is 6.29 Å². The molecule has 0 radical (unpaired) electrons. The SMILES string of the molecule is CCCCN(C)CCC=O. The number of hydrogen-bond acceptors (Lipinski definition) is 2. The Morgan fingerprint density at radius 2 is 2.10 bits per heavy atom. The number of carbonyl (C=O) groups is 1. The second-order valence-electron chi connectivity index (χ2n) is 2.61. The van der Waals surface area contributed by atoms with Crippen molar-refractivity contribution in [2.24, 2.45) is 0 Å². The maximum absolute atomic E-state index is 9.96. The van der Waals surface area contributed by atoms with E-state index in [1.165, 1.54) is 12.8 Å². The molecule has 0 rings (SSSR count). The molecule has 0 saturated carbocycles. The van der Waals surface area contributed by atoms with Crippen LogP contribution in [0.5, 0.6) is 0 Å². The van der Waals surface area contributed by atoms with Crippen LogP contribution in [0.3, 0.4) is 0 Å². The van der Waals surface area contributed by atoms with E-state index in [0.29, 0.717) is 6.42 Å². The highest BCUT2D eigenvalue weighted by atomic mass is 16.1. The van der Waals surface area contributed by atoms with Gasteiger partial charge < -0.3 is 9.69 Å². The van der Waals surface area contributed by atoms with Crippen LogP contribution in [0.1, 0.15) is 26.2 Å². The zero-order valence-electron chi connectivity index (χ0n) is 6.97. The van der Waals surface area contributed by atoms with Gasteiger partial charge in [-0.1, -0.05) is 13.3 Å². The van der Waals surface area contributed by atoms with E-state index in [4.69, 9.17) is 0 Å². The van der Waals surface area contributed by atoms with Crippen LogP contribution in [0.15, 0.2) is 0 Å². The van der Waals surface area contributed by atoms with Gasteiger partial charge in [-0.25, -0.2) is 0 Å². The van der Waals surface area contributed by atoms with Gasteiger partial charge in [0.25, 0.3) is 0 Å². The zero-order chi connectivity index (χ0) is 7.82. The molecule has 0 spiro atoms. The minimum atomic E-state index is 0.667. The summed E-state index contributed by atoms with van der Waals surface area (Å²) in [5.41, 5.74) is 0. The molecule has 0 aliphatic carbocycles. The molecular formula is C8H17NO. The number of unbranched alkanes of at least 4 members (excludes halogenated alkanes) is 1. The van der Waals surface area contributed by atoms with E-state index in [1.54, 1.807) is 0 Å². The van der Waals surface area contributed by atoms with Crippen LogP contribution in [-0.4, -0.2) is 31.3 Å². The third-order valence-electron chi connectivity index (χ3n) is 1.52. The number of hydrogen-bond donors (Lipinski definition) is 0. The molecular weight excluding hydrogens is 126 g/mol. The van der Waals surface area contributed by atoms with E-state index in [-0.39, 0.29) is 0 Å². The molecule has 0 aliphatic rings. The summed E-state index contributed by atoms with van der Waals surface area (Å²) in [6.45, 7) is 4.20. The third-order valence-corrected chi connectivity index (χ3v) is 1.52. The molecule has 0 N–H and O–H groups in total. The van der Waals surface area contributed by atoms with E-state index < -0.39 is 0 Å². The predicted molar refractivity (Wildman–Crippen MR) is 43.1 cm³/mol. The van der Waals surface area contributed by atoms with Gasteiger partial charge in [-0.15, -0.1) is 0 Å². The van der Waals surface area contributed by atoms with Crippen molar-refractivity contribution in [3.63, 3.8) is 0 Å². The molecule has 0 aliphatic heterocycles. The van der Waals surface area contributed by atoms with Crippen LogP contribution in [0, 0.1) is 0 Å². The Labute approximate surface area is 63.2 Å². The van der Waals surface area contributed by atoms with Crippen molar-refractivity contribution in [3.8, 4) is 0 Å². The van der Waals surface area contributed by atoms with Gasteiger partial charge in [0.2, 0.25) is 0 Å². The van der Waals surface area contributed by atoms with Gasteiger partial charge in [-0.2, -0.15) is 0 Å². The lowest BCUT2D eigenvalue weighted by molar-refractivity contribution is -0.108. The van der Waals surface area contributed by atoms with Crippen molar-refractivity contribution in [2.45, 2.75) is 26.2 Å². The van der Waals surface area contributed by atoms with Crippen LogP contribution in [0.2, 0.25) is 0 Å². The highest BCUT2D eigenvalue weighted by Gasteiger charge is 1.94.